The molecule has 1 unspecified atom stereocenters. The number of likely N-dealkylation sites (tertiary alicyclic amines) is 2. The molecule has 3 aliphatic rings. The van der Waals surface area contributed by atoms with Gasteiger partial charge in [0.15, 0.2) is 0 Å². The van der Waals surface area contributed by atoms with E-state index in [0.717, 1.165) is 53.8 Å². The third-order valence-electron chi connectivity index (χ3n) is 10.7. The zero-order valence-electron chi connectivity index (χ0n) is 32.3. The van der Waals surface area contributed by atoms with Gasteiger partial charge in [0.25, 0.3) is 5.56 Å². The van der Waals surface area contributed by atoms with Crippen molar-refractivity contribution in [3.8, 4) is 16.9 Å². The lowest BCUT2D eigenvalue weighted by Gasteiger charge is -2.31. The quantitative estimate of drug-likeness (QED) is 0.188. The summed E-state index contributed by atoms with van der Waals surface area (Å²) in [5, 5.41) is 15.5. The highest BCUT2D eigenvalue weighted by atomic mass is 16.6. The van der Waals surface area contributed by atoms with E-state index >= 15 is 0 Å². The molecule has 15 heteroatoms. The topological polar surface area (TPSA) is 183 Å². The molecule has 0 aliphatic carbocycles. The molecular weight excluding hydrogens is 704 g/mol. The molecule has 0 radical (unpaired) electrons. The van der Waals surface area contributed by atoms with Crippen LogP contribution in [-0.4, -0.2) is 105 Å². The van der Waals surface area contributed by atoms with E-state index in [4.69, 9.17) is 14.5 Å². The Kier molecular flexibility index (Phi) is 12.3. The molecule has 0 bridgehead atoms. The van der Waals surface area contributed by atoms with Crippen molar-refractivity contribution in [3.63, 3.8) is 0 Å². The molecular formula is C40H52N8O7. The van der Waals surface area contributed by atoms with Gasteiger partial charge in [0.05, 0.1) is 37.1 Å². The summed E-state index contributed by atoms with van der Waals surface area (Å²) in [6.07, 6.45) is 7.16. The fourth-order valence-corrected chi connectivity index (χ4v) is 7.69. The molecule has 2 aromatic heterocycles. The minimum Gasteiger partial charge on any atom is -0.453 e. The smallest absolute Gasteiger partial charge is 0.407 e. The number of benzene rings is 1. The van der Waals surface area contributed by atoms with E-state index in [2.05, 4.69) is 20.6 Å². The first-order chi connectivity index (χ1) is 26.4. The van der Waals surface area contributed by atoms with Crippen molar-refractivity contribution in [2.45, 2.75) is 90.4 Å². The fourth-order valence-electron chi connectivity index (χ4n) is 7.69. The summed E-state index contributed by atoms with van der Waals surface area (Å²) in [6.45, 7) is 8.80. The lowest BCUT2D eigenvalue weighted by atomic mass is 9.98. The number of rotatable bonds is 13. The van der Waals surface area contributed by atoms with Crippen molar-refractivity contribution in [3.05, 3.63) is 76.7 Å². The van der Waals surface area contributed by atoms with Crippen molar-refractivity contribution in [1.29, 1.82) is 0 Å². The van der Waals surface area contributed by atoms with E-state index < -0.39 is 24.6 Å². The average molecular weight is 757 g/mol. The number of carbonyl (C=O) groups excluding carboxylic acids is 3. The van der Waals surface area contributed by atoms with Gasteiger partial charge in [-0.3, -0.25) is 29.3 Å². The SMILES string of the molecule is COC(=O)N[C@H](C(=O)N1CCC[C@H]1C1=NC=C(c2ccn(-c3ccc(-c4cnc([C@@H]5CCCN5C(=O)[C@@H](NC(O)OC)C(C)C)[nH]4)cc3)c(=O)c2)C1)C(C)C. The number of carbonyl (C=O) groups is 3. The highest BCUT2D eigenvalue weighted by Gasteiger charge is 2.39. The van der Waals surface area contributed by atoms with E-state index in [1.807, 2.05) is 67.8 Å². The highest BCUT2D eigenvalue weighted by Crippen LogP contribution is 2.33. The summed E-state index contributed by atoms with van der Waals surface area (Å²) in [4.78, 5) is 68.9. The van der Waals surface area contributed by atoms with Gasteiger partial charge >= 0.3 is 6.09 Å². The first kappa shape index (κ1) is 39.6. The van der Waals surface area contributed by atoms with Crippen LogP contribution in [0.15, 0.2) is 64.8 Å². The number of pyridine rings is 1. The predicted octanol–water partition coefficient (Wildman–Crippen LogP) is 3.98. The number of H-pyrrole nitrogens is 1. The van der Waals surface area contributed by atoms with Crippen LogP contribution in [0.5, 0.6) is 0 Å². The van der Waals surface area contributed by atoms with Gasteiger partial charge in [-0.25, -0.2) is 9.78 Å². The first-order valence-corrected chi connectivity index (χ1v) is 19.0. The van der Waals surface area contributed by atoms with Crippen molar-refractivity contribution >= 4 is 29.2 Å². The number of aromatic nitrogens is 3. The second-order valence-electron chi connectivity index (χ2n) is 15.0. The molecule has 0 saturated carbocycles. The molecule has 55 heavy (non-hydrogen) atoms. The van der Waals surface area contributed by atoms with Gasteiger partial charge < -0.3 is 34.7 Å². The lowest BCUT2D eigenvalue weighted by molar-refractivity contribution is -0.145. The predicted molar refractivity (Wildman–Crippen MR) is 207 cm³/mol. The Hall–Kier alpha value is -5.12. The van der Waals surface area contributed by atoms with Gasteiger partial charge in [-0.2, -0.15) is 0 Å². The Morgan fingerprint density at radius 1 is 0.909 bits per heavy atom. The van der Waals surface area contributed by atoms with Gasteiger partial charge in [0.2, 0.25) is 18.2 Å². The number of methoxy groups -OCH3 is 2. The molecule has 2 fully saturated rings. The van der Waals surface area contributed by atoms with Crippen LogP contribution < -0.4 is 16.2 Å². The number of hydrogen-bond acceptors (Lipinski definition) is 10. The van der Waals surface area contributed by atoms with Crippen molar-refractivity contribution in [2.24, 2.45) is 16.8 Å². The molecule has 0 spiro atoms. The van der Waals surface area contributed by atoms with Crippen LogP contribution in [0.1, 0.15) is 77.2 Å². The normalized spacial score (nSPS) is 20.1. The van der Waals surface area contributed by atoms with Crippen molar-refractivity contribution in [1.82, 2.24) is 35.0 Å². The number of ether oxygens (including phenoxy) is 2. The Labute approximate surface area is 320 Å². The number of nitrogens with zero attached hydrogens (tertiary/aromatic N) is 5. The van der Waals surface area contributed by atoms with Crippen LogP contribution in [0, 0.1) is 11.8 Å². The zero-order chi connectivity index (χ0) is 39.4. The lowest BCUT2D eigenvalue weighted by Crippen LogP contribution is -2.53. The number of aliphatic hydroxyl groups excluding tert-OH is 1. The molecule has 6 rings (SSSR count). The monoisotopic (exact) mass is 756 g/mol. The van der Waals surface area contributed by atoms with Crippen molar-refractivity contribution < 1.29 is 29.0 Å². The van der Waals surface area contributed by atoms with Gasteiger partial charge in [0.1, 0.15) is 11.9 Å². The summed E-state index contributed by atoms with van der Waals surface area (Å²) < 4.78 is 11.3. The number of amides is 3. The second kappa shape index (κ2) is 17.1. The number of imidazole rings is 1. The molecule has 2 saturated heterocycles. The number of aliphatic hydroxyl groups is 1. The number of aliphatic imine (C=N–C) groups is 1. The van der Waals surface area contributed by atoms with Crippen LogP contribution in [-0.2, 0) is 19.1 Å². The molecule has 3 amide bonds. The summed E-state index contributed by atoms with van der Waals surface area (Å²) in [6, 6.07) is 9.40. The van der Waals surface area contributed by atoms with E-state index in [-0.39, 0.29) is 41.3 Å². The van der Waals surface area contributed by atoms with Gasteiger partial charge in [-0.15, -0.1) is 0 Å². The fraction of sp³-hybridized carbons (Fsp3) is 0.500. The highest BCUT2D eigenvalue weighted by molar-refractivity contribution is 6.03. The Bertz CT molecular complexity index is 1980. The molecule has 3 aromatic rings. The maximum atomic E-state index is 13.6. The standard InChI is InChI=1S/C40H52N8O7/c1-23(2)34(44-39(52)54-5)37(50)47-16-7-9-31(47)29-19-27(21-41-29)26-15-18-46(33(49)20-26)28-13-11-25(12-14-28)30-22-42-36(43-30)32-10-8-17-48(32)38(51)35(24(3)4)45-40(53)55-6/h11-15,18,20-24,31-32,34-35,40,45,53H,7-10,16-17,19H2,1-6H3,(H,42,43)(H,44,52)/t31-,32-,34-,35-,40?/m0/s1. The maximum absolute atomic E-state index is 13.6. The maximum Gasteiger partial charge on any atom is 0.407 e. The van der Waals surface area contributed by atoms with E-state index in [1.54, 1.807) is 29.2 Å². The molecule has 294 valence electrons. The number of hydrogen-bond donors (Lipinski definition) is 4. The van der Waals surface area contributed by atoms with Gasteiger partial charge in [-0.05, 0) is 72.4 Å². The van der Waals surface area contributed by atoms with Crippen LogP contribution >= 0.6 is 0 Å². The Morgan fingerprint density at radius 2 is 1.56 bits per heavy atom. The van der Waals surface area contributed by atoms with Crippen LogP contribution in [0.4, 0.5) is 4.79 Å². The number of nitrogens with one attached hydrogen (secondary N) is 3. The Morgan fingerprint density at radius 3 is 2.20 bits per heavy atom. The molecule has 4 N–H and O–H groups in total. The summed E-state index contributed by atoms with van der Waals surface area (Å²) in [7, 11) is 2.65. The minimum atomic E-state index is -1.24. The minimum absolute atomic E-state index is 0.0657. The third kappa shape index (κ3) is 8.58. The molecule has 5 heterocycles. The van der Waals surface area contributed by atoms with Crippen LogP contribution in [0.2, 0.25) is 0 Å². The molecule has 15 nitrogen and oxygen atoms in total. The largest absolute Gasteiger partial charge is 0.453 e. The number of alkyl carbamates (subject to hydrolysis) is 1. The number of allylic oxidation sites excluding steroid dienone is 1. The van der Waals surface area contributed by atoms with E-state index in [9.17, 15) is 24.3 Å². The van der Waals surface area contributed by atoms with E-state index in [0.29, 0.717) is 31.0 Å². The zero-order valence-corrected chi connectivity index (χ0v) is 32.3. The van der Waals surface area contributed by atoms with Crippen LogP contribution in [0.3, 0.4) is 0 Å². The Balaban J connectivity index is 1.10. The summed E-state index contributed by atoms with van der Waals surface area (Å²) in [5.74, 6) is 0.251. The number of aromatic amines is 1. The van der Waals surface area contributed by atoms with Gasteiger partial charge in [-0.1, -0.05) is 39.8 Å². The molecule has 1 aromatic carbocycles. The third-order valence-corrected chi connectivity index (χ3v) is 10.7. The van der Waals surface area contributed by atoms with Crippen LogP contribution in [0.25, 0.3) is 22.5 Å². The molecule has 3 aliphatic heterocycles. The summed E-state index contributed by atoms with van der Waals surface area (Å²) in [5.41, 5.74) is 4.74. The van der Waals surface area contributed by atoms with Gasteiger partial charge in [0, 0.05) is 56.5 Å². The second-order valence-corrected chi connectivity index (χ2v) is 15.0. The van der Waals surface area contributed by atoms with E-state index in [1.165, 1.54) is 14.2 Å². The summed E-state index contributed by atoms with van der Waals surface area (Å²) >= 11 is 0. The average Bonchev–Trinajstić information content (AvgIpc) is 4.02. The molecule has 5 atom stereocenters. The van der Waals surface area contributed by atoms with Crippen molar-refractivity contribution in [2.75, 3.05) is 27.3 Å². The first-order valence-electron chi connectivity index (χ1n) is 19.0.